The molecular formula is C22H22N4O3. The molecule has 0 saturated heterocycles. The van der Waals surface area contributed by atoms with Crippen LogP contribution in [-0.4, -0.2) is 53.5 Å². The second-order valence-corrected chi connectivity index (χ2v) is 7.65. The Labute approximate surface area is 168 Å². The van der Waals surface area contributed by atoms with Crippen molar-refractivity contribution in [2.75, 3.05) is 25.6 Å². The lowest BCUT2D eigenvalue weighted by Crippen LogP contribution is -2.49. The number of fused-ring (bicyclic) bond motifs is 4. The Morgan fingerprint density at radius 1 is 1.21 bits per heavy atom. The Bertz CT molecular complexity index is 1140. The highest BCUT2D eigenvalue weighted by atomic mass is 16.5. The third-order valence-corrected chi connectivity index (χ3v) is 5.99. The molecule has 0 aliphatic carbocycles. The average Bonchev–Trinajstić information content (AvgIpc) is 3.31. The zero-order valence-corrected chi connectivity index (χ0v) is 16.4. The number of hydrogen-bond acceptors (Lipinski definition) is 5. The molecule has 1 aromatic carbocycles. The predicted molar refractivity (Wildman–Crippen MR) is 109 cm³/mol. The van der Waals surface area contributed by atoms with Gasteiger partial charge in [0, 0.05) is 36.6 Å². The number of hydrogen-bond donors (Lipinski definition) is 1. The van der Waals surface area contributed by atoms with E-state index in [4.69, 9.17) is 4.74 Å². The summed E-state index contributed by atoms with van der Waals surface area (Å²) in [6.45, 7) is 1.21. The van der Waals surface area contributed by atoms with Crippen LogP contribution in [0.5, 0.6) is 0 Å². The number of methoxy groups -OCH3 is 1. The molecule has 0 bridgehead atoms. The Morgan fingerprint density at radius 3 is 2.86 bits per heavy atom. The second kappa shape index (κ2) is 6.62. The van der Waals surface area contributed by atoms with E-state index < -0.39 is 12.0 Å². The van der Waals surface area contributed by atoms with Crippen LogP contribution >= 0.6 is 0 Å². The summed E-state index contributed by atoms with van der Waals surface area (Å²) in [5.41, 5.74) is 4.53. The van der Waals surface area contributed by atoms with Crippen LogP contribution in [0.15, 0.2) is 36.4 Å². The van der Waals surface area contributed by atoms with Crippen molar-refractivity contribution in [3.05, 3.63) is 58.9 Å². The van der Waals surface area contributed by atoms with Gasteiger partial charge in [0.15, 0.2) is 0 Å². The first kappa shape index (κ1) is 17.7. The lowest BCUT2D eigenvalue weighted by molar-refractivity contribution is -0.146. The standard InChI is InChI=1S/C22H22N4O3/c1-25-10-9-13-7-8-17(24-20(13)25)21(27)26-12-18-15(11-19(26)22(28)29-2)14-5-3-4-6-16(14)23-18/h3-8,19,23H,9-12H2,1-2H3/t19-/m0/s1. The molecule has 0 fully saturated rings. The minimum absolute atomic E-state index is 0.257. The zero-order chi connectivity index (χ0) is 20.1. The molecule has 4 heterocycles. The van der Waals surface area contributed by atoms with E-state index >= 15 is 0 Å². The van der Waals surface area contributed by atoms with Crippen molar-refractivity contribution in [1.82, 2.24) is 14.9 Å². The number of carbonyl (C=O) groups is 2. The number of esters is 1. The minimum Gasteiger partial charge on any atom is -0.467 e. The van der Waals surface area contributed by atoms with E-state index in [1.165, 1.54) is 7.11 Å². The summed E-state index contributed by atoms with van der Waals surface area (Å²) in [6.07, 6.45) is 1.35. The van der Waals surface area contributed by atoms with Gasteiger partial charge in [-0.15, -0.1) is 0 Å². The number of anilines is 1. The molecule has 148 valence electrons. The maximum absolute atomic E-state index is 13.4. The first-order valence-electron chi connectivity index (χ1n) is 9.75. The smallest absolute Gasteiger partial charge is 0.328 e. The number of rotatable bonds is 2. The van der Waals surface area contributed by atoms with Gasteiger partial charge in [0.2, 0.25) is 0 Å². The summed E-state index contributed by atoms with van der Waals surface area (Å²) < 4.78 is 5.03. The van der Waals surface area contributed by atoms with Crippen molar-refractivity contribution >= 4 is 28.6 Å². The van der Waals surface area contributed by atoms with Gasteiger partial charge in [0.25, 0.3) is 5.91 Å². The number of aromatic nitrogens is 2. The van der Waals surface area contributed by atoms with Gasteiger partial charge in [-0.25, -0.2) is 9.78 Å². The van der Waals surface area contributed by atoms with Gasteiger partial charge in [-0.3, -0.25) is 4.79 Å². The summed E-state index contributed by atoms with van der Waals surface area (Å²) in [5.74, 6) is 0.175. The molecule has 5 rings (SSSR count). The molecule has 1 N–H and O–H groups in total. The third kappa shape index (κ3) is 2.76. The van der Waals surface area contributed by atoms with Crippen molar-refractivity contribution in [2.24, 2.45) is 0 Å². The Hall–Kier alpha value is -3.35. The van der Waals surface area contributed by atoms with Gasteiger partial charge in [-0.05, 0) is 29.7 Å². The number of aromatic amines is 1. The molecule has 0 unspecified atom stereocenters. The van der Waals surface area contributed by atoms with E-state index in [2.05, 4.69) is 14.9 Å². The van der Waals surface area contributed by atoms with E-state index in [0.29, 0.717) is 18.7 Å². The normalized spacial score (nSPS) is 17.9. The molecule has 2 aromatic heterocycles. The fourth-order valence-corrected chi connectivity index (χ4v) is 4.43. The third-order valence-electron chi connectivity index (χ3n) is 5.99. The van der Waals surface area contributed by atoms with Gasteiger partial charge in [-0.1, -0.05) is 24.3 Å². The molecule has 2 aliphatic rings. The molecule has 29 heavy (non-hydrogen) atoms. The fraction of sp³-hybridized carbons (Fsp3) is 0.318. The van der Waals surface area contributed by atoms with E-state index in [-0.39, 0.29) is 5.91 Å². The largest absolute Gasteiger partial charge is 0.467 e. The maximum atomic E-state index is 13.4. The van der Waals surface area contributed by atoms with Crippen LogP contribution in [0.3, 0.4) is 0 Å². The summed E-state index contributed by atoms with van der Waals surface area (Å²) >= 11 is 0. The number of para-hydroxylation sites is 1. The predicted octanol–water partition coefficient (Wildman–Crippen LogP) is 2.30. The van der Waals surface area contributed by atoms with Gasteiger partial charge in [0.1, 0.15) is 17.6 Å². The summed E-state index contributed by atoms with van der Waals surface area (Å²) in [4.78, 5) is 37.6. The first-order valence-corrected chi connectivity index (χ1v) is 9.75. The molecular weight excluding hydrogens is 368 g/mol. The number of pyridine rings is 1. The van der Waals surface area contributed by atoms with E-state index in [0.717, 1.165) is 46.5 Å². The van der Waals surface area contributed by atoms with Crippen LogP contribution < -0.4 is 4.90 Å². The number of carbonyl (C=O) groups excluding carboxylic acids is 2. The molecule has 0 saturated carbocycles. The molecule has 0 spiro atoms. The lowest BCUT2D eigenvalue weighted by atomic mass is 9.96. The Kier molecular flexibility index (Phi) is 4.04. The number of likely N-dealkylation sites (N-methyl/N-ethyl adjacent to an activating group) is 1. The highest BCUT2D eigenvalue weighted by molar-refractivity contribution is 5.97. The molecule has 7 heteroatoms. The molecule has 7 nitrogen and oxygen atoms in total. The zero-order valence-electron chi connectivity index (χ0n) is 16.4. The molecule has 1 amide bonds. The highest BCUT2D eigenvalue weighted by Gasteiger charge is 2.38. The monoisotopic (exact) mass is 390 g/mol. The number of nitrogens with zero attached hydrogens (tertiary/aromatic N) is 3. The van der Waals surface area contributed by atoms with Gasteiger partial charge < -0.3 is 19.5 Å². The van der Waals surface area contributed by atoms with Crippen molar-refractivity contribution in [3.63, 3.8) is 0 Å². The van der Waals surface area contributed by atoms with Crippen molar-refractivity contribution in [1.29, 1.82) is 0 Å². The van der Waals surface area contributed by atoms with Crippen LogP contribution in [0.25, 0.3) is 10.9 Å². The average molecular weight is 390 g/mol. The van der Waals surface area contributed by atoms with Crippen LogP contribution in [-0.2, 0) is 28.9 Å². The first-order chi connectivity index (χ1) is 14.1. The topological polar surface area (TPSA) is 78.5 Å². The Morgan fingerprint density at radius 2 is 2.03 bits per heavy atom. The van der Waals surface area contributed by atoms with Gasteiger partial charge in [0.05, 0.1) is 13.7 Å². The quantitative estimate of drug-likeness (QED) is 0.680. The highest BCUT2D eigenvalue weighted by Crippen LogP contribution is 2.32. The van der Waals surface area contributed by atoms with Crippen LogP contribution in [0.1, 0.15) is 27.3 Å². The fourth-order valence-electron chi connectivity index (χ4n) is 4.43. The SMILES string of the molecule is COC(=O)[C@@H]1Cc2c([nH]c3ccccc23)CN1C(=O)c1ccc2c(n1)N(C)CC2. The number of H-pyrrole nitrogens is 1. The summed E-state index contributed by atoms with van der Waals surface area (Å²) in [5, 5.41) is 1.08. The summed E-state index contributed by atoms with van der Waals surface area (Å²) in [6, 6.07) is 11.0. The van der Waals surface area contributed by atoms with Crippen molar-refractivity contribution in [2.45, 2.75) is 25.4 Å². The molecule has 1 atom stereocenters. The maximum Gasteiger partial charge on any atom is 0.328 e. The number of ether oxygens (including phenoxy) is 1. The number of nitrogens with one attached hydrogen (secondary N) is 1. The van der Waals surface area contributed by atoms with Crippen molar-refractivity contribution in [3.8, 4) is 0 Å². The molecule has 3 aromatic rings. The van der Waals surface area contributed by atoms with Gasteiger partial charge >= 0.3 is 5.97 Å². The van der Waals surface area contributed by atoms with E-state index in [1.54, 1.807) is 11.0 Å². The van der Waals surface area contributed by atoms with Crippen LogP contribution in [0.2, 0.25) is 0 Å². The Balaban J connectivity index is 1.54. The second-order valence-electron chi connectivity index (χ2n) is 7.65. The summed E-state index contributed by atoms with van der Waals surface area (Å²) in [7, 11) is 3.33. The van der Waals surface area contributed by atoms with Crippen LogP contribution in [0, 0.1) is 0 Å². The van der Waals surface area contributed by atoms with E-state index in [9.17, 15) is 9.59 Å². The number of benzene rings is 1. The van der Waals surface area contributed by atoms with Gasteiger partial charge in [-0.2, -0.15) is 0 Å². The molecule has 2 aliphatic heterocycles. The van der Waals surface area contributed by atoms with Crippen molar-refractivity contribution < 1.29 is 14.3 Å². The van der Waals surface area contributed by atoms with E-state index in [1.807, 2.05) is 37.4 Å². The lowest BCUT2D eigenvalue weighted by Gasteiger charge is -2.33. The minimum atomic E-state index is -0.674. The molecule has 0 radical (unpaired) electrons. The number of amides is 1. The van der Waals surface area contributed by atoms with Crippen LogP contribution in [0.4, 0.5) is 5.82 Å².